The van der Waals surface area contributed by atoms with Gasteiger partial charge in [-0.05, 0) is 38.8 Å². The van der Waals surface area contributed by atoms with Crippen LogP contribution in [0.15, 0.2) is 0 Å². The van der Waals surface area contributed by atoms with Crippen molar-refractivity contribution in [2.75, 3.05) is 32.1 Å². The standard InChI is InChI=1S/C11H24N2O3S/c1-2-12-7-3-4-9-17(14,15)13-11-6-5-8-16-10-11/h11-13H,2-10H2,1H3. The molecule has 2 N–H and O–H groups in total. The third kappa shape index (κ3) is 6.98. The van der Waals surface area contributed by atoms with E-state index in [0.29, 0.717) is 13.0 Å². The molecule has 0 aromatic rings. The van der Waals surface area contributed by atoms with E-state index in [4.69, 9.17) is 4.74 Å². The number of nitrogens with one attached hydrogen (secondary N) is 2. The lowest BCUT2D eigenvalue weighted by atomic mass is 10.1. The van der Waals surface area contributed by atoms with E-state index >= 15 is 0 Å². The van der Waals surface area contributed by atoms with Gasteiger partial charge in [0.25, 0.3) is 0 Å². The van der Waals surface area contributed by atoms with E-state index in [1.54, 1.807) is 0 Å². The predicted molar refractivity (Wildman–Crippen MR) is 68.5 cm³/mol. The van der Waals surface area contributed by atoms with Crippen LogP contribution in [-0.4, -0.2) is 46.5 Å². The zero-order chi connectivity index (χ0) is 12.6. The Balaban J connectivity index is 2.16. The normalized spacial score (nSPS) is 21.6. The van der Waals surface area contributed by atoms with E-state index in [0.717, 1.165) is 39.0 Å². The molecule has 0 aromatic heterocycles. The van der Waals surface area contributed by atoms with Crippen molar-refractivity contribution in [3.8, 4) is 0 Å². The molecule has 17 heavy (non-hydrogen) atoms. The summed E-state index contributed by atoms with van der Waals surface area (Å²) in [7, 11) is -3.13. The van der Waals surface area contributed by atoms with E-state index in [-0.39, 0.29) is 11.8 Å². The molecule has 1 saturated heterocycles. The summed E-state index contributed by atoms with van der Waals surface area (Å²) in [5.74, 6) is 0.217. The Bertz CT molecular complexity index is 287. The predicted octanol–water partition coefficient (Wildman–Crippen LogP) is 0.475. The van der Waals surface area contributed by atoms with E-state index in [1.807, 2.05) is 6.92 Å². The number of sulfonamides is 1. The van der Waals surface area contributed by atoms with Crippen LogP contribution in [0.5, 0.6) is 0 Å². The number of rotatable bonds is 8. The van der Waals surface area contributed by atoms with Gasteiger partial charge < -0.3 is 10.1 Å². The van der Waals surface area contributed by atoms with Crippen molar-refractivity contribution >= 4 is 10.0 Å². The minimum absolute atomic E-state index is 0.0254. The fraction of sp³-hybridized carbons (Fsp3) is 1.00. The van der Waals surface area contributed by atoms with Crippen molar-refractivity contribution in [2.24, 2.45) is 0 Å². The first-order valence-electron chi connectivity index (χ1n) is 6.42. The maximum atomic E-state index is 11.7. The topological polar surface area (TPSA) is 67.4 Å². The molecule has 1 heterocycles. The molecule has 1 rings (SSSR count). The van der Waals surface area contributed by atoms with Gasteiger partial charge in [0.15, 0.2) is 0 Å². The minimum Gasteiger partial charge on any atom is -0.380 e. The molecule has 0 saturated carbocycles. The summed E-state index contributed by atoms with van der Waals surface area (Å²) < 4.78 is 31.5. The SMILES string of the molecule is CCNCCCCS(=O)(=O)NC1CCCOC1. The maximum absolute atomic E-state index is 11.7. The highest BCUT2D eigenvalue weighted by Gasteiger charge is 2.19. The van der Waals surface area contributed by atoms with Gasteiger partial charge in [-0.15, -0.1) is 0 Å². The summed E-state index contributed by atoms with van der Waals surface area (Å²) in [6.07, 6.45) is 3.43. The van der Waals surface area contributed by atoms with Gasteiger partial charge in [0.05, 0.1) is 12.4 Å². The van der Waals surface area contributed by atoms with Crippen molar-refractivity contribution in [3.63, 3.8) is 0 Å². The maximum Gasteiger partial charge on any atom is 0.211 e. The van der Waals surface area contributed by atoms with E-state index in [1.165, 1.54) is 0 Å². The lowest BCUT2D eigenvalue weighted by Crippen LogP contribution is -2.41. The number of unbranched alkanes of at least 4 members (excludes halogenated alkanes) is 1. The molecule has 6 heteroatoms. The number of hydrogen-bond acceptors (Lipinski definition) is 4. The summed E-state index contributed by atoms with van der Waals surface area (Å²) in [5, 5.41) is 3.18. The Morgan fingerprint density at radius 1 is 1.35 bits per heavy atom. The number of ether oxygens (including phenoxy) is 1. The lowest BCUT2D eigenvalue weighted by Gasteiger charge is -2.22. The molecule has 0 radical (unpaired) electrons. The quantitative estimate of drug-likeness (QED) is 0.626. The van der Waals surface area contributed by atoms with Crippen molar-refractivity contribution < 1.29 is 13.2 Å². The van der Waals surface area contributed by atoms with Crippen LogP contribution in [0.4, 0.5) is 0 Å². The zero-order valence-electron chi connectivity index (χ0n) is 10.6. The van der Waals surface area contributed by atoms with Crippen LogP contribution in [0.2, 0.25) is 0 Å². The molecule has 1 unspecified atom stereocenters. The van der Waals surface area contributed by atoms with Gasteiger partial charge in [-0.25, -0.2) is 13.1 Å². The average Bonchev–Trinajstić information content (AvgIpc) is 2.29. The Labute approximate surface area is 104 Å². The van der Waals surface area contributed by atoms with Crippen LogP contribution in [0.1, 0.15) is 32.6 Å². The molecule has 1 atom stereocenters. The number of hydrogen-bond donors (Lipinski definition) is 2. The summed E-state index contributed by atoms with van der Waals surface area (Å²) in [6, 6.07) is -0.0254. The molecular weight excluding hydrogens is 240 g/mol. The second kappa shape index (κ2) is 8.02. The van der Waals surface area contributed by atoms with Crippen LogP contribution < -0.4 is 10.0 Å². The van der Waals surface area contributed by atoms with Crippen LogP contribution in [0.25, 0.3) is 0 Å². The Hall–Kier alpha value is -0.170. The van der Waals surface area contributed by atoms with Crippen molar-refractivity contribution in [1.29, 1.82) is 0 Å². The summed E-state index contributed by atoms with van der Waals surface area (Å²) >= 11 is 0. The van der Waals surface area contributed by atoms with E-state index in [2.05, 4.69) is 10.0 Å². The molecular formula is C11H24N2O3S. The van der Waals surface area contributed by atoms with Gasteiger partial charge in [0, 0.05) is 12.6 Å². The van der Waals surface area contributed by atoms with Crippen LogP contribution in [0.3, 0.4) is 0 Å². The van der Waals surface area contributed by atoms with Gasteiger partial charge >= 0.3 is 0 Å². The lowest BCUT2D eigenvalue weighted by molar-refractivity contribution is 0.0774. The third-order valence-corrected chi connectivity index (χ3v) is 4.29. The molecule has 1 fully saturated rings. The van der Waals surface area contributed by atoms with Gasteiger partial charge in [0.2, 0.25) is 10.0 Å². The summed E-state index contributed by atoms with van der Waals surface area (Å²) in [6.45, 7) is 5.13. The summed E-state index contributed by atoms with van der Waals surface area (Å²) in [4.78, 5) is 0. The zero-order valence-corrected chi connectivity index (χ0v) is 11.4. The molecule has 0 aliphatic carbocycles. The van der Waals surface area contributed by atoms with Crippen molar-refractivity contribution in [3.05, 3.63) is 0 Å². The van der Waals surface area contributed by atoms with Crippen LogP contribution in [-0.2, 0) is 14.8 Å². The van der Waals surface area contributed by atoms with E-state index in [9.17, 15) is 8.42 Å². The van der Waals surface area contributed by atoms with Gasteiger partial charge in [-0.2, -0.15) is 0 Å². The Morgan fingerprint density at radius 2 is 2.18 bits per heavy atom. The highest BCUT2D eigenvalue weighted by Crippen LogP contribution is 2.07. The molecule has 0 amide bonds. The highest BCUT2D eigenvalue weighted by atomic mass is 32.2. The van der Waals surface area contributed by atoms with Gasteiger partial charge in [-0.1, -0.05) is 6.92 Å². The van der Waals surface area contributed by atoms with Gasteiger partial charge in [0.1, 0.15) is 0 Å². The molecule has 0 aromatic carbocycles. The van der Waals surface area contributed by atoms with Crippen molar-refractivity contribution in [1.82, 2.24) is 10.0 Å². The average molecular weight is 264 g/mol. The van der Waals surface area contributed by atoms with Gasteiger partial charge in [-0.3, -0.25) is 0 Å². The molecule has 0 spiro atoms. The monoisotopic (exact) mass is 264 g/mol. The molecule has 1 aliphatic rings. The highest BCUT2D eigenvalue weighted by molar-refractivity contribution is 7.89. The second-order valence-electron chi connectivity index (χ2n) is 4.41. The Morgan fingerprint density at radius 3 is 2.82 bits per heavy atom. The minimum atomic E-state index is -3.13. The smallest absolute Gasteiger partial charge is 0.211 e. The second-order valence-corrected chi connectivity index (χ2v) is 6.28. The summed E-state index contributed by atoms with van der Waals surface area (Å²) in [5.41, 5.74) is 0. The first kappa shape index (κ1) is 14.9. The largest absolute Gasteiger partial charge is 0.380 e. The molecule has 5 nitrogen and oxygen atoms in total. The first-order valence-corrected chi connectivity index (χ1v) is 8.08. The van der Waals surface area contributed by atoms with E-state index < -0.39 is 10.0 Å². The van der Waals surface area contributed by atoms with Crippen LogP contribution in [0, 0.1) is 0 Å². The fourth-order valence-electron chi connectivity index (χ4n) is 1.87. The molecule has 0 bridgehead atoms. The Kier molecular flexibility index (Phi) is 7.03. The van der Waals surface area contributed by atoms with Crippen molar-refractivity contribution in [2.45, 2.75) is 38.6 Å². The van der Waals surface area contributed by atoms with Crippen LogP contribution >= 0.6 is 0 Å². The third-order valence-electron chi connectivity index (χ3n) is 2.77. The fourth-order valence-corrected chi connectivity index (χ4v) is 3.26. The molecule has 1 aliphatic heterocycles. The first-order chi connectivity index (χ1) is 8.14. The molecule has 102 valence electrons.